The minimum Gasteiger partial charge on any atom is -0.350 e. The molecular formula is C18H18FIN2O2. The second kappa shape index (κ2) is 7.74. The third-order valence-corrected chi connectivity index (χ3v) is 4.23. The molecule has 0 aliphatic rings. The molecule has 0 atom stereocenters. The second-order valence-corrected chi connectivity index (χ2v) is 6.90. The van der Waals surface area contributed by atoms with Crippen molar-refractivity contribution in [1.29, 1.82) is 0 Å². The fourth-order valence-electron chi connectivity index (χ4n) is 2.16. The summed E-state index contributed by atoms with van der Waals surface area (Å²) in [5.74, 6) is -0.924. The summed E-state index contributed by atoms with van der Waals surface area (Å²) in [5.41, 5.74) is 2.23. The van der Waals surface area contributed by atoms with Gasteiger partial charge in [-0.3, -0.25) is 9.59 Å². The van der Waals surface area contributed by atoms with Crippen LogP contribution in [0.4, 0.5) is 10.1 Å². The summed E-state index contributed by atoms with van der Waals surface area (Å²) in [4.78, 5) is 24.6. The highest BCUT2D eigenvalue weighted by Gasteiger charge is 2.14. The number of hydrogen-bond acceptors (Lipinski definition) is 2. The minimum absolute atomic E-state index is 0.0240. The molecule has 24 heavy (non-hydrogen) atoms. The maximum absolute atomic E-state index is 13.1. The molecule has 0 aliphatic carbocycles. The Balaban J connectivity index is 2.24. The Hall–Kier alpha value is -1.96. The van der Waals surface area contributed by atoms with E-state index in [1.54, 1.807) is 18.2 Å². The van der Waals surface area contributed by atoms with Crippen molar-refractivity contribution >= 4 is 40.1 Å². The van der Waals surface area contributed by atoms with Gasteiger partial charge in [-0.2, -0.15) is 0 Å². The van der Waals surface area contributed by atoms with Gasteiger partial charge in [0.25, 0.3) is 11.8 Å². The molecule has 2 rings (SSSR count). The highest BCUT2D eigenvalue weighted by molar-refractivity contribution is 14.1. The van der Waals surface area contributed by atoms with Crippen LogP contribution in [0.15, 0.2) is 36.4 Å². The number of benzene rings is 2. The monoisotopic (exact) mass is 440 g/mol. The first-order valence-corrected chi connectivity index (χ1v) is 8.53. The van der Waals surface area contributed by atoms with Crippen LogP contribution in [-0.2, 0) is 0 Å². The molecule has 0 fully saturated rings. The van der Waals surface area contributed by atoms with Gasteiger partial charge in [0.05, 0.1) is 5.56 Å². The van der Waals surface area contributed by atoms with E-state index < -0.39 is 0 Å². The van der Waals surface area contributed by atoms with E-state index in [1.807, 2.05) is 43.4 Å². The van der Waals surface area contributed by atoms with Crippen molar-refractivity contribution in [2.45, 2.75) is 26.8 Å². The Labute approximate surface area is 154 Å². The van der Waals surface area contributed by atoms with Crippen LogP contribution < -0.4 is 10.6 Å². The summed E-state index contributed by atoms with van der Waals surface area (Å²) < 4.78 is 13.7. The highest BCUT2D eigenvalue weighted by atomic mass is 127. The molecule has 0 saturated heterocycles. The van der Waals surface area contributed by atoms with Crippen LogP contribution >= 0.6 is 22.6 Å². The van der Waals surface area contributed by atoms with Gasteiger partial charge in [0.1, 0.15) is 5.82 Å². The summed E-state index contributed by atoms with van der Waals surface area (Å²) in [7, 11) is 0. The molecule has 6 heteroatoms. The third kappa shape index (κ3) is 4.53. The van der Waals surface area contributed by atoms with Crippen molar-refractivity contribution in [3.63, 3.8) is 0 Å². The fraction of sp³-hybridized carbons (Fsp3) is 0.222. The summed E-state index contributed by atoms with van der Waals surface area (Å²) in [5, 5.41) is 5.58. The normalized spacial score (nSPS) is 10.6. The maximum Gasteiger partial charge on any atom is 0.256 e. The molecular weight excluding hydrogens is 422 g/mol. The van der Waals surface area contributed by atoms with E-state index in [1.165, 1.54) is 18.2 Å². The average molecular weight is 440 g/mol. The SMILES string of the molecule is Cc1ccc(NC(=O)c2ccc(F)cc2I)cc1C(=O)NC(C)C. The summed E-state index contributed by atoms with van der Waals surface area (Å²) >= 11 is 1.91. The lowest BCUT2D eigenvalue weighted by Gasteiger charge is -2.13. The number of carbonyl (C=O) groups is 2. The van der Waals surface area contributed by atoms with Crippen molar-refractivity contribution in [1.82, 2.24) is 5.32 Å². The van der Waals surface area contributed by atoms with Crippen LogP contribution in [0.25, 0.3) is 0 Å². The first kappa shape index (κ1) is 18.4. The number of aryl methyl sites for hydroxylation is 1. The van der Waals surface area contributed by atoms with Crippen LogP contribution in [-0.4, -0.2) is 17.9 Å². The Morgan fingerprint density at radius 1 is 1.04 bits per heavy atom. The molecule has 0 spiro atoms. The van der Waals surface area contributed by atoms with Gasteiger partial charge in [0, 0.05) is 20.9 Å². The number of rotatable bonds is 4. The van der Waals surface area contributed by atoms with Gasteiger partial charge in [0.2, 0.25) is 0 Å². The first-order chi connectivity index (χ1) is 11.3. The number of halogens is 2. The molecule has 0 aliphatic heterocycles. The number of hydrogen-bond donors (Lipinski definition) is 2. The molecule has 4 nitrogen and oxygen atoms in total. The molecule has 0 bridgehead atoms. The first-order valence-electron chi connectivity index (χ1n) is 7.46. The van der Waals surface area contributed by atoms with Crippen molar-refractivity contribution in [3.8, 4) is 0 Å². The lowest BCUT2D eigenvalue weighted by atomic mass is 10.1. The van der Waals surface area contributed by atoms with Crippen molar-refractivity contribution in [3.05, 3.63) is 62.5 Å². The molecule has 0 aromatic heterocycles. The van der Waals surface area contributed by atoms with Gasteiger partial charge in [-0.25, -0.2) is 4.39 Å². The summed E-state index contributed by atoms with van der Waals surface area (Å²) in [6, 6.07) is 9.15. The Morgan fingerprint density at radius 3 is 2.38 bits per heavy atom. The Kier molecular flexibility index (Phi) is 5.93. The molecule has 2 aromatic carbocycles. The van der Waals surface area contributed by atoms with Crippen molar-refractivity contribution < 1.29 is 14.0 Å². The number of nitrogens with one attached hydrogen (secondary N) is 2. The lowest BCUT2D eigenvalue weighted by molar-refractivity contribution is 0.0941. The highest BCUT2D eigenvalue weighted by Crippen LogP contribution is 2.19. The van der Waals surface area contributed by atoms with Gasteiger partial charge in [0.15, 0.2) is 0 Å². The minimum atomic E-state index is -0.390. The Bertz CT molecular complexity index is 791. The van der Waals surface area contributed by atoms with Crippen molar-refractivity contribution in [2.75, 3.05) is 5.32 Å². The number of amides is 2. The quantitative estimate of drug-likeness (QED) is 0.703. The summed E-state index contributed by atoms with van der Waals surface area (Å²) in [6.45, 7) is 5.61. The van der Waals surface area contributed by atoms with Gasteiger partial charge in [-0.1, -0.05) is 6.07 Å². The zero-order chi connectivity index (χ0) is 17.9. The molecule has 0 heterocycles. The second-order valence-electron chi connectivity index (χ2n) is 5.74. The van der Waals surface area contributed by atoms with Crippen LogP contribution in [0.3, 0.4) is 0 Å². The van der Waals surface area contributed by atoms with E-state index in [0.29, 0.717) is 20.4 Å². The standard InChI is InChI=1S/C18H18FIN2O2/c1-10(2)21-18(24)15-9-13(6-4-11(15)3)22-17(23)14-7-5-12(19)8-16(14)20/h4-10H,1-3H3,(H,21,24)(H,22,23). The van der Waals surface area contributed by atoms with Gasteiger partial charge in [-0.05, 0) is 79.3 Å². The maximum atomic E-state index is 13.1. The summed E-state index contributed by atoms with van der Waals surface area (Å²) in [6.07, 6.45) is 0. The molecule has 2 N–H and O–H groups in total. The van der Waals surface area contributed by atoms with E-state index in [4.69, 9.17) is 0 Å². The predicted molar refractivity (Wildman–Crippen MR) is 101 cm³/mol. The molecule has 0 radical (unpaired) electrons. The van der Waals surface area contributed by atoms with E-state index in [9.17, 15) is 14.0 Å². The van der Waals surface area contributed by atoms with Gasteiger partial charge >= 0.3 is 0 Å². The number of anilines is 1. The van der Waals surface area contributed by atoms with E-state index in [0.717, 1.165) is 5.56 Å². The van der Waals surface area contributed by atoms with E-state index in [-0.39, 0.29) is 23.7 Å². The van der Waals surface area contributed by atoms with Crippen molar-refractivity contribution in [2.24, 2.45) is 0 Å². The smallest absolute Gasteiger partial charge is 0.256 e. The third-order valence-electron chi connectivity index (χ3n) is 3.34. The van der Waals surface area contributed by atoms with E-state index in [2.05, 4.69) is 10.6 Å². The van der Waals surface area contributed by atoms with Gasteiger partial charge in [-0.15, -0.1) is 0 Å². The lowest BCUT2D eigenvalue weighted by Crippen LogP contribution is -2.30. The predicted octanol–water partition coefficient (Wildman–Crippen LogP) is 4.13. The largest absolute Gasteiger partial charge is 0.350 e. The molecule has 2 aromatic rings. The Morgan fingerprint density at radius 2 is 1.75 bits per heavy atom. The molecule has 2 amide bonds. The van der Waals surface area contributed by atoms with Crippen LogP contribution in [0, 0.1) is 16.3 Å². The molecule has 0 saturated carbocycles. The molecule has 0 unspecified atom stereocenters. The molecule has 126 valence electrons. The van der Waals surface area contributed by atoms with Crippen LogP contribution in [0.2, 0.25) is 0 Å². The van der Waals surface area contributed by atoms with Gasteiger partial charge < -0.3 is 10.6 Å². The van der Waals surface area contributed by atoms with E-state index >= 15 is 0 Å². The van der Waals surface area contributed by atoms with Crippen LogP contribution in [0.5, 0.6) is 0 Å². The van der Waals surface area contributed by atoms with Crippen LogP contribution in [0.1, 0.15) is 40.1 Å². The zero-order valence-corrected chi connectivity index (χ0v) is 15.8. The number of carbonyl (C=O) groups excluding carboxylic acids is 2. The fourth-order valence-corrected chi connectivity index (χ4v) is 2.88. The topological polar surface area (TPSA) is 58.2 Å². The zero-order valence-electron chi connectivity index (χ0n) is 13.6. The average Bonchev–Trinajstić information content (AvgIpc) is 2.48.